The van der Waals surface area contributed by atoms with Crippen LogP contribution in [-0.4, -0.2) is 26.0 Å². The fourth-order valence-electron chi connectivity index (χ4n) is 2.86. The van der Waals surface area contributed by atoms with Crippen molar-refractivity contribution >= 4 is 23.3 Å². The van der Waals surface area contributed by atoms with Crippen molar-refractivity contribution in [1.82, 2.24) is 5.32 Å². The minimum atomic E-state index is -0.405. The van der Waals surface area contributed by atoms with Crippen molar-refractivity contribution in [3.63, 3.8) is 0 Å². The van der Waals surface area contributed by atoms with E-state index in [1.54, 1.807) is 18.2 Å². The maximum Gasteiger partial charge on any atom is 0.319 e. The van der Waals surface area contributed by atoms with E-state index in [-0.39, 0.29) is 12.6 Å². The number of hydrogen-bond donors (Lipinski definition) is 2. The zero-order chi connectivity index (χ0) is 19.9. The van der Waals surface area contributed by atoms with Gasteiger partial charge in [0.25, 0.3) is 0 Å². The zero-order valence-electron chi connectivity index (χ0n) is 15.5. The lowest BCUT2D eigenvalue weighted by Crippen LogP contribution is -2.30. The number of urea groups is 1. The number of halogens is 2. The number of anilines is 1. The predicted octanol–water partition coefficient (Wildman–Crippen LogP) is 4.50. The molecule has 0 saturated carbocycles. The van der Waals surface area contributed by atoms with E-state index in [1.807, 2.05) is 6.92 Å². The Morgan fingerprint density at radius 2 is 2.18 bits per heavy atom. The fourth-order valence-corrected chi connectivity index (χ4v) is 3.03. The lowest BCUT2D eigenvalue weighted by molar-refractivity contribution is -0.0172. The number of amides is 2. The highest BCUT2D eigenvalue weighted by Crippen LogP contribution is 2.30. The standard InChI is InChI=1S/C20H22ClFN2O4/c1-2-7-27-18-4-3-15(21)10-17(18)24-20(25)23-6-5-13-8-16(22)9-14-11-26-12-28-19(13)14/h3-4,8-10H,2,5-7,11-12H2,1H3,(H2,23,24,25). The molecule has 0 aliphatic carbocycles. The third-order valence-electron chi connectivity index (χ3n) is 4.08. The van der Waals surface area contributed by atoms with Crippen molar-refractivity contribution in [2.45, 2.75) is 26.4 Å². The zero-order valence-corrected chi connectivity index (χ0v) is 16.3. The molecule has 28 heavy (non-hydrogen) atoms. The molecule has 2 aromatic carbocycles. The monoisotopic (exact) mass is 408 g/mol. The maximum absolute atomic E-state index is 13.8. The van der Waals surface area contributed by atoms with Crippen LogP contribution >= 0.6 is 11.6 Å². The molecule has 0 unspecified atom stereocenters. The quantitative estimate of drug-likeness (QED) is 0.707. The van der Waals surface area contributed by atoms with Gasteiger partial charge >= 0.3 is 6.03 Å². The number of hydrogen-bond acceptors (Lipinski definition) is 4. The summed E-state index contributed by atoms with van der Waals surface area (Å²) in [6, 6.07) is 7.45. The summed E-state index contributed by atoms with van der Waals surface area (Å²) in [6.45, 7) is 3.28. The molecule has 6 nitrogen and oxygen atoms in total. The molecule has 2 aromatic rings. The molecule has 150 valence electrons. The van der Waals surface area contributed by atoms with Crippen molar-refractivity contribution in [2.75, 3.05) is 25.3 Å². The Kier molecular flexibility index (Phi) is 6.95. The van der Waals surface area contributed by atoms with Crippen molar-refractivity contribution in [3.05, 3.63) is 52.3 Å². The first-order chi connectivity index (χ1) is 13.6. The Morgan fingerprint density at radius 3 is 3.00 bits per heavy atom. The summed E-state index contributed by atoms with van der Waals surface area (Å²) < 4.78 is 30.0. The Balaban J connectivity index is 1.59. The minimum Gasteiger partial charge on any atom is -0.491 e. The highest BCUT2D eigenvalue weighted by Gasteiger charge is 2.17. The van der Waals surface area contributed by atoms with Gasteiger partial charge in [-0.05, 0) is 48.7 Å². The fraction of sp³-hybridized carbons (Fsp3) is 0.350. The Bertz CT molecular complexity index is 847. The van der Waals surface area contributed by atoms with Crippen LogP contribution in [0.5, 0.6) is 11.5 Å². The molecule has 8 heteroatoms. The first kappa shape index (κ1) is 20.2. The lowest BCUT2D eigenvalue weighted by Gasteiger charge is -2.21. The van der Waals surface area contributed by atoms with Gasteiger partial charge in [0.15, 0.2) is 6.79 Å². The number of fused-ring (bicyclic) bond motifs is 1. The largest absolute Gasteiger partial charge is 0.491 e. The van der Waals surface area contributed by atoms with Crippen molar-refractivity contribution in [3.8, 4) is 11.5 Å². The second-order valence-electron chi connectivity index (χ2n) is 6.28. The molecule has 1 aliphatic heterocycles. The van der Waals surface area contributed by atoms with E-state index in [0.29, 0.717) is 59.5 Å². The Morgan fingerprint density at radius 1 is 1.32 bits per heavy atom. The molecule has 2 amide bonds. The van der Waals surface area contributed by atoms with Crippen molar-refractivity contribution in [1.29, 1.82) is 0 Å². The molecule has 0 radical (unpaired) electrons. The number of ether oxygens (including phenoxy) is 3. The van der Waals surface area contributed by atoms with E-state index in [0.717, 1.165) is 6.42 Å². The third-order valence-corrected chi connectivity index (χ3v) is 4.32. The molecule has 0 bridgehead atoms. The third kappa shape index (κ3) is 5.27. The van der Waals surface area contributed by atoms with Crippen LogP contribution in [-0.2, 0) is 17.8 Å². The summed E-state index contributed by atoms with van der Waals surface area (Å²) in [4.78, 5) is 12.2. The second kappa shape index (κ2) is 9.61. The second-order valence-corrected chi connectivity index (χ2v) is 6.72. The van der Waals surface area contributed by atoms with Crippen LogP contribution in [0.25, 0.3) is 0 Å². The average Bonchev–Trinajstić information content (AvgIpc) is 2.67. The van der Waals surface area contributed by atoms with Gasteiger partial charge in [-0.25, -0.2) is 9.18 Å². The van der Waals surface area contributed by atoms with E-state index in [9.17, 15) is 9.18 Å². The van der Waals surface area contributed by atoms with Crippen LogP contribution in [0, 0.1) is 5.82 Å². The van der Waals surface area contributed by atoms with Gasteiger partial charge in [0, 0.05) is 17.1 Å². The first-order valence-corrected chi connectivity index (χ1v) is 9.43. The van der Waals surface area contributed by atoms with Crippen molar-refractivity contribution < 1.29 is 23.4 Å². The number of nitrogens with one attached hydrogen (secondary N) is 2. The number of rotatable bonds is 7. The molecule has 0 atom stereocenters. The predicted molar refractivity (Wildman–Crippen MR) is 105 cm³/mol. The minimum absolute atomic E-state index is 0.134. The maximum atomic E-state index is 13.8. The van der Waals surface area contributed by atoms with Gasteiger partial charge in [-0.1, -0.05) is 18.5 Å². The van der Waals surface area contributed by atoms with E-state index in [2.05, 4.69) is 10.6 Å². The summed E-state index contributed by atoms with van der Waals surface area (Å²) in [5.74, 6) is 0.817. The highest BCUT2D eigenvalue weighted by atomic mass is 35.5. The van der Waals surface area contributed by atoms with Crippen LogP contribution in [0.1, 0.15) is 24.5 Å². The molecular weight excluding hydrogens is 387 g/mol. The van der Waals surface area contributed by atoms with Crippen LogP contribution in [0.2, 0.25) is 5.02 Å². The van der Waals surface area contributed by atoms with Gasteiger partial charge < -0.3 is 24.8 Å². The first-order valence-electron chi connectivity index (χ1n) is 9.06. The Hall–Kier alpha value is -2.51. The summed E-state index contributed by atoms with van der Waals surface area (Å²) >= 11 is 6.01. The summed E-state index contributed by atoms with van der Waals surface area (Å²) in [5, 5.41) is 5.98. The molecule has 0 fully saturated rings. The van der Waals surface area contributed by atoms with Gasteiger partial charge in [-0.15, -0.1) is 0 Å². The van der Waals surface area contributed by atoms with Gasteiger partial charge in [-0.3, -0.25) is 0 Å². The molecule has 0 spiro atoms. The van der Waals surface area contributed by atoms with Crippen molar-refractivity contribution in [2.24, 2.45) is 0 Å². The number of benzene rings is 2. The van der Waals surface area contributed by atoms with Crippen LogP contribution < -0.4 is 20.1 Å². The SMILES string of the molecule is CCCOc1ccc(Cl)cc1NC(=O)NCCc1cc(F)cc2c1OCOC2. The molecular formula is C20H22ClFN2O4. The van der Waals surface area contributed by atoms with E-state index < -0.39 is 6.03 Å². The normalized spacial score (nSPS) is 12.7. The van der Waals surface area contributed by atoms with Crippen LogP contribution in [0.4, 0.5) is 14.9 Å². The van der Waals surface area contributed by atoms with E-state index >= 15 is 0 Å². The molecule has 0 aromatic heterocycles. The molecule has 2 N–H and O–H groups in total. The molecule has 3 rings (SSSR count). The lowest BCUT2D eigenvalue weighted by atomic mass is 10.1. The smallest absolute Gasteiger partial charge is 0.319 e. The summed E-state index contributed by atoms with van der Waals surface area (Å²) in [5.41, 5.74) is 1.85. The van der Waals surface area contributed by atoms with Gasteiger partial charge in [0.05, 0.1) is 18.9 Å². The van der Waals surface area contributed by atoms with Gasteiger partial charge in [-0.2, -0.15) is 0 Å². The highest BCUT2D eigenvalue weighted by molar-refractivity contribution is 6.31. The average molecular weight is 409 g/mol. The number of carbonyl (C=O) groups excluding carboxylic acids is 1. The molecule has 1 aliphatic rings. The van der Waals surface area contributed by atoms with Gasteiger partial charge in [0.2, 0.25) is 0 Å². The number of carbonyl (C=O) groups is 1. The van der Waals surface area contributed by atoms with Crippen LogP contribution in [0.15, 0.2) is 30.3 Å². The molecule has 0 saturated heterocycles. The summed E-state index contributed by atoms with van der Waals surface area (Å²) in [7, 11) is 0. The van der Waals surface area contributed by atoms with Crippen LogP contribution in [0.3, 0.4) is 0 Å². The molecule has 1 heterocycles. The Labute approximate surface area is 167 Å². The summed E-state index contributed by atoms with van der Waals surface area (Å²) in [6.07, 6.45) is 1.27. The van der Waals surface area contributed by atoms with Gasteiger partial charge in [0.1, 0.15) is 17.3 Å². The van der Waals surface area contributed by atoms with E-state index in [1.165, 1.54) is 12.1 Å². The topological polar surface area (TPSA) is 68.8 Å². The van der Waals surface area contributed by atoms with E-state index in [4.69, 9.17) is 25.8 Å².